The first kappa shape index (κ1) is 28.6. The molecule has 0 aliphatic rings. The SMILES string of the molecule is COC(=O)CCCCCCCCCCC(=O)CCCCCCCCCCC(=O)OC. The van der Waals surface area contributed by atoms with E-state index in [2.05, 4.69) is 9.47 Å². The molecule has 0 radical (unpaired) electrons. The van der Waals surface area contributed by atoms with Gasteiger partial charge in [0, 0.05) is 25.7 Å². The molecule has 0 aliphatic heterocycles. The van der Waals surface area contributed by atoms with Gasteiger partial charge in [-0.1, -0.05) is 77.0 Å². The van der Waals surface area contributed by atoms with Crippen molar-refractivity contribution < 1.29 is 23.9 Å². The molecule has 0 spiro atoms. The molecule has 0 aliphatic carbocycles. The topological polar surface area (TPSA) is 69.7 Å². The summed E-state index contributed by atoms with van der Waals surface area (Å²) in [6.45, 7) is 0. The predicted octanol–water partition coefficient (Wildman–Crippen LogP) is 6.70. The maximum atomic E-state index is 11.9. The fourth-order valence-electron chi connectivity index (χ4n) is 3.63. The van der Waals surface area contributed by atoms with E-state index in [-0.39, 0.29) is 11.9 Å². The van der Waals surface area contributed by atoms with Gasteiger partial charge in [-0.25, -0.2) is 0 Å². The van der Waals surface area contributed by atoms with Gasteiger partial charge in [-0.15, -0.1) is 0 Å². The molecule has 0 atom stereocenters. The van der Waals surface area contributed by atoms with E-state index < -0.39 is 0 Å². The van der Waals surface area contributed by atoms with Crippen LogP contribution in [0.5, 0.6) is 0 Å². The molecule has 0 fully saturated rings. The molecule has 0 rings (SSSR count). The van der Waals surface area contributed by atoms with Crippen molar-refractivity contribution in [2.24, 2.45) is 0 Å². The molecular formula is C25H46O5. The lowest BCUT2D eigenvalue weighted by Crippen LogP contribution is -1.99. The first-order chi connectivity index (χ1) is 14.6. The molecule has 0 unspecified atom stereocenters. The summed E-state index contributed by atoms with van der Waals surface area (Å²) in [4.78, 5) is 33.9. The van der Waals surface area contributed by atoms with E-state index in [1.807, 2.05) is 0 Å². The maximum absolute atomic E-state index is 11.9. The third-order valence-electron chi connectivity index (χ3n) is 5.63. The molecule has 0 saturated carbocycles. The normalized spacial score (nSPS) is 10.7. The summed E-state index contributed by atoms with van der Waals surface area (Å²) < 4.78 is 9.26. The van der Waals surface area contributed by atoms with Gasteiger partial charge >= 0.3 is 11.9 Å². The van der Waals surface area contributed by atoms with Gasteiger partial charge in [0.25, 0.3) is 0 Å². The number of ketones is 1. The number of Topliss-reactive ketones (excluding diaryl/α,β-unsaturated/α-hetero) is 1. The first-order valence-electron chi connectivity index (χ1n) is 12.3. The summed E-state index contributed by atoms with van der Waals surface area (Å²) in [5, 5.41) is 0. The molecule has 0 aromatic rings. The van der Waals surface area contributed by atoms with E-state index in [4.69, 9.17) is 0 Å². The molecule has 0 aromatic heterocycles. The Kier molecular flexibility index (Phi) is 21.3. The van der Waals surface area contributed by atoms with Crippen LogP contribution in [-0.4, -0.2) is 31.9 Å². The number of hydrogen-bond acceptors (Lipinski definition) is 5. The minimum absolute atomic E-state index is 0.108. The van der Waals surface area contributed by atoms with Crippen LogP contribution in [0, 0.1) is 0 Å². The van der Waals surface area contributed by atoms with Crippen molar-refractivity contribution in [2.45, 2.75) is 128 Å². The Hall–Kier alpha value is -1.39. The number of unbranched alkanes of at least 4 members (excludes halogenated alkanes) is 14. The Morgan fingerprint density at radius 1 is 0.400 bits per heavy atom. The van der Waals surface area contributed by atoms with E-state index in [0.29, 0.717) is 18.6 Å². The van der Waals surface area contributed by atoms with Crippen LogP contribution in [0.15, 0.2) is 0 Å². The van der Waals surface area contributed by atoms with Crippen LogP contribution >= 0.6 is 0 Å². The number of esters is 2. The zero-order chi connectivity index (χ0) is 22.3. The molecule has 0 aromatic carbocycles. The Balaban J connectivity index is 3.22. The van der Waals surface area contributed by atoms with Crippen molar-refractivity contribution >= 4 is 17.7 Å². The molecule has 0 bridgehead atoms. The zero-order valence-corrected chi connectivity index (χ0v) is 19.7. The largest absolute Gasteiger partial charge is 0.469 e. The van der Waals surface area contributed by atoms with Gasteiger partial charge in [0.2, 0.25) is 0 Å². The van der Waals surface area contributed by atoms with Crippen molar-refractivity contribution in [3.05, 3.63) is 0 Å². The molecule has 0 N–H and O–H groups in total. The molecule has 5 nitrogen and oxygen atoms in total. The van der Waals surface area contributed by atoms with E-state index in [0.717, 1.165) is 64.2 Å². The number of hydrogen-bond donors (Lipinski definition) is 0. The third kappa shape index (κ3) is 21.3. The van der Waals surface area contributed by atoms with Crippen LogP contribution in [-0.2, 0) is 23.9 Å². The first-order valence-corrected chi connectivity index (χ1v) is 12.3. The Morgan fingerprint density at radius 3 is 0.900 bits per heavy atom. The smallest absolute Gasteiger partial charge is 0.305 e. The van der Waals surface area contributed by atoms with Crippen LogP contribution in [0.1, 0.15) is 128 Å². The Morgan fingerprint density at radius 2 is 0.633 bits per heavy atom. The van der Waals surface area contributed by atoms with Crippen molar-refractivity contribution in [3.8, 4) is 0 Å². The predicted molar refractivity (Wildman–Crippen MR) is 121 cm³/mol. The fraction of sp³-hybridized carbons (Fsp3) is 0.880. The molecule has 5 heteroatoms. The summed E-state index contributed by atoms with van der Waals surface area (Å²) in [6.07, 6.45) is 20.7. The van der Waals surface area contributed by atoms with Gasteiger partial charge in [-0.05, 0) is 25.7 Å². The van der Waals surface area contributed by atoms with Gasteiger partial charge in [-0.3, -0.25) is 14.4 Å². The standard InChI is InChI=1S/C25H46O5/c1-29-24(27)21-17-13-9-5-3-7-11-15-19-23(26)20-16-12-8-4-6-10-14-18-22-25(28)30-2/h3-22H2,1-2H3. The zero-order valence-electron chi connectivity index (χ0n) is 19.7. The van der Waals surface area contributed by atoms with Gasteiger partial charge in [0.05, 0.1) is 14.2 Å². The lowest BCUT2D eigenvalue weighted by Gasteiger charge is -2.04. The summed E-state index contributed by atoms with van der Waals surface area (Å²) in [5.74, 6) is 0.216. The van der Waals surface area contributed by atoms with Crippen molar-refractivity contribution in [2.75, 3.05) is 14.2 Å². The molecule has 0 heterocycles. The highest BCUT2D eigenvalue weighted by atomic mass is 16.5. The lowest BCUT2D eigenvalue weighted by atomic mass is 10.0. The quantitative estimate of drug-likeness (QED) is 0.142. The summed E-state index contributed by atoms with van der Waals surface area (Å²) in [5.41, 5.74) is 0. The molecule has 0 amide bonds. The molecular weight excluding hydrogens is 380 g/mol. The monoisotopic (exact) mass is 426 g/mol. The summed E-state index contributed by atoms with van der Waals surface area (Å²) in [6, 6.07) is 0. The molecule has 30 heavy (non-hydrogen) atoms. The number of methoxy groups -OCH3 is 2. The van der Waals surface area contributed by atoms with Gasteiger partial charge < -0.3 is 9.47 Å². The average molecular weight is 427 g/mol. The van der Waals surface area contributed by atoms with Crippen LogP contribution in [0.3, 0.4) is 0 Å². The molecule has 176 valence electrons. The number of ether oxygens (including phenoxy) is 2. The number of rotatable bonds is 22. The Bertz CT molecular complexity index is 395. The van der Waals surface area contributed by atoms with Crippen LogP contribution in [0.25, 0.3) is 0 Å². The second-order valence-corrected chi connectivity index (χ2v) is 8.35. The van der Waals surface area contributed by atoms with Crippen LogP contribution < -0.4 is 0 Å². The van der Waals surface area contributed by atoms with Gasteiger partial charge in [-0.2, -0.15) is 0 Å². The van der Waals surface area contributed by atoms with Crippen LogP contribution in [0.4, 0.5) is 0 Å². The van der Waals surface area contributed by atoms with Gasteiger partial charge in [0.15, 0.2) is 0 Å². The lowest BCUT2D eigenvalue weighted by molar-refractivity contribution is -0.141. The number of carbonyl (C=O) groups excluding carboxylic acids is 3. The highest BCUT2D eigenvalue weighted by Crippen LogP contribution is 2.14. The highest BCUT2D eigenvalue weighted by molar-refractivity contribution is 5.78. The van der Waals surface area contributed by atoms with E-state index in [1.165, 1.54) is 65.6 Å². The van der Waals surface area contributed by atoms with Crippen LogP contribution in [0.2, 0.25) is 0 Å². The third-order valence-corrected chi connectivity index (χ3v) is 5.63. The number of carbonyl (C=O) groups is 3. The average Bonchev–Trinajstić information content (AvgIpc) is 2.75. The second-order valence-electron chi connectivity index (χ2n) is 8.35. The van der Waals surface area contributed by atoms with E-state index in [9.17, 15) is 14.4 Å². The fourth-order valence-corrected chi connectivity index (χ4v) is 3.63. The van der Waals surface area contributed by atoms with E-state index >= 15 is 0 Å². The molecule has 0 saturated heterocycles. The van der Waals surface area contributed by atoms with Crippen molar-refractivity contribution in [1.29, 1.82) is 0 Å². The minimum Gasteiger partial charge on any atom is -0.469 e. The minimum atomic E-state index is -0.108. The van der Waals surface area contributed by atoms with E-state index in [1.54, 1.807) is 0 Å². The van der Waals surface area contributed by atoms with Crippen molar-refractivity contribution in [3.63, 3.8) is 0 Å². The maximum Gasteiger partial charge on any atom is 0.305 e. The summed E-state index contributed by atoms with van der Waals surface area (Å²) in [7, 11) is 2.88. The van der Waals surface area contributed by atoms with Crippen molar-refractivity contribution in [1.82, 2.24) is 0 Å². The summed E-state index contributed by atoms with van der Waals surface area (Å²) >= 11 is 0. The van der Waals surface area contributed by atoms with Gasteiger partial charge in [0.1, 0.15) is 5.78 Å². The second kappa shape index (κ2) is 22.3. The highest BCUT2D eigenvalue weighted by Gasteiger charge is 2.03. The Labute approximate surface area is 184 Å².